The van der Waals surface area contributed by atoms with Crippen molar-refractivity contribution in [2.75, 3.05) is 31.7 Å². The largest absolute Gasteiger partial charge is 0.478 e. The van der Waals surface area contributed by atoms with Gasteiger partial charge in [-0.1, -0.05) is 0 Å². The Labute approximate surface area is 125 Å². The maximum atomic E-state index is 10.7. The van der Waals surface area contributed by atoms with Gasteiger partial charge in [0.25, 0.3) is 0 Å². The van der Waals surface area contributed by atoms with Gasteiger partial charge in [0.2, 0.25) is 0 Å². The van der Waals surface area contributed by atoms with Gasteiger partial charge in [-0.2, -0.15) is 5.10 Å². The van der Waals surface area contributed by atoms with Crippen molar-refractivity contribution < 1.29 is 14.6 Å². The molecular formula is C15H23N3O3. The normalized spacial score (nSPS) is 16.5. The predicted octanol–water partition coefficient (Wildman–Crippen LogP) is 1.69. The molecule has 116 valence electrons. The summed E-state index contributed by atoms with van der Waals surface area (Å²) in [4.78, 5) is 12.9. The number of hydrogen-bond acceptors (Lipinski definition) is 4. The van der Waals surface area contributed by atoms with E-state index >= 15 is 0 Å². The van der Waals surface area contributed by atoms with E-state index in [1.165, 1.54) is 0 Å². The van der Waals surface area contributed by atoms with E-state index in [1.54, 1.807) is 6.08 Å². The zero-order chi connectivity index (χ0) is 15.4. The minimum absolute atomic E-state index is 0.607. The van der Waals surface area contributed by atoms with Crippen LogP contribution in [0.25, 0.3) is 6.08 Å². The number of carbonyl (C=O) groups is 1. The lowest BCUT2D eigenvalue weighted by Crippen LogP contribution is -2.31. The lowest BCUT2D eigenvalue weighted by atomic mass is 10.00. The van der Waals surface area contributed by atoms with Crippen molar-refractivity contribution in [2.45, 2.75) is 19.8 Å². The molecule has 1 aliphatic rings. The molecule has 0 atom stereocenters. The minimum atomic E-state index is -0.948. The van der Waals surface area contributed by atoms with Crippen molar-refractivity contribution in [3.05, 3.63) is 17.3 Å². The van der Waals surface area contributed by atoms with E-state index in [1.807, 2.05) is 25.7 Å². The van der Waals surface area contributed by atoms with Crippen molar-refractivity contribution in [3.63, 3.8) is 0 Å². The van der Waals surface area contributed by atoms with Crippen LogP contribution in [0.3, 0.4) is 0 Å². The fourth-order valence-corrected chi connectivity index (χ4v) is 2.87. The highest BCUT2D eigenvalue weighted by Crippen LogP contribution is 2.26. The third-order valence-electron chi connectivity index (χ3n) is 3.86. The second-order valence-corrected chi connectivity index (χ2v) is 5.55. The Bertz CT molecular complexity index is 531. The molecule has 0 aromatic carbocycles. The number of ether oxygens (including phenoxy) is 1. The van der Waals surface area contributed by atoms with Crippen molar-refractivity contribution in [2.24, 2.45) is 13.0 Å². The van der Waals surface area contributed by atoms with Gasteiger partial charge in [0.1, 0.15) is 5.82 Å². The van der Waals surface area contributed by atoms with Gasteiger partial charge in [-0.05, 0) is 31.8 Å². The van der Waals surface area contributed by atoms with E-state index in [4.69, 9.17) is 9.84 Å². The van der Waals surface area contributed by atoms with Crippen LogP contribution < -0.4 is 4.90 Å². The van der Waals surface area contributed by atoms with Crippen molar-refractivity contribution >= 4 is 17.9 Å². The smallest absolute Gasteiger partial charge is 0.328 e. The molecule has 2 heterocycles. The Kier molecular flexibility index (Phi) is 5.01. The summed E-state index contributed by atoms with van der Waals surface area (Å²) in [6.45, 7) is 4.48. The number of carboxylic acids is 1. The number of rotatable bonds is 5. The van der Waals surface area contributed by atoms with Gasteiger partial charge in [0.15, 0.2) is 0 Å². The highest BCUT2D eigenvalue weighted by molar-refractivity contribution is 5.87. The number of aryl methyl sites for hydroxylation is 2. The quantitative estimate of drug-likeness (QED) is 0.837. The molecule has 0 spiro atoms. The Balaban J connectivity index is 2.18. The second kappa shape index (κ2) is 6.76. The molecule has 0 bridgehead atoms. The highest BCUT2D eigenvalue weighted by Gasteiger charge is 2.20. The summed E-state index contributed by atoms with van der Waals surface area (Å²) in [5.41, 5.74) is 1.71. The Morgan fingerprint density at radius 1 is 1.52 bits per heavy atom. The van der Waals surface area contributed by atoms with Crippen LogP contribution in [0.4, 0.5) is 5.82 Å². The summed E-state index contributed by atoms with van der Waals surface area (Å²) in [5.74, 6) is 0.614. The van der Waals surface area contributed by atoms with E-state index in [9.17, 15) is 4.79 Å². The van der Waals surface area contributed by atoms with Crippen LogP contribution >= 0.6 is 0 Å². The molecule has 1 aliphatic heterocycles. The molecule has 1 fully saturated rings. The van der Waals surface area contributed by atoms with E-state index in [0.29, 0.717) is 5.92 Å². The van der Waals surface area contributed by atoms with Gasteiger partial charge in [0.05, 0.1) is 5.69 Å². The zero-order valence-electron chi connectivity index (χ0n) is 12.9. The molecule has 0 aliphatic carbocycles. The minimum Gasteiger partial charge on any atom is -0.478 e. The molecule has 0 radical (unpaired) electrons. The van der Waals surface area contributed by atoms with Gasteiger partial charge < -0.3 is 14.7 Å². The summed E-state index contributed by atoms with van der Waals surface area (Å²) in [6.07, 6.45) is 4.93. The van der Waals surface area contributed by atoms with Gasteiger partial charge in [0, 0.05) is 45.5 Å². The fourth-order valence-electron chi connectivity index (χ4n) is 2.87. The third kappa shape index (κ3) is 3.85. The van der Waals surface area contributed by atoms with Gasteiger partial charge in [-0.15, -0.1) is 0 Å². The highest BCUT2D eigenvalue weighted by atomic mass is 16.5. The summed E-state index contributed by atoms with van der Waals surface area (Å²) < 4.78 is 7.21. The van der Waals surface area contributed by atoms with Crippen molar-refractivity contribution in [1.29, 1.82) is 0 Å². The van der Waals surface area contributed by atoms with Gasteiger partial charge in [-0.25, -0.2) is 4.79 Å². The molecule has 2 rings (SSSR count). The summed E-state index contributed by atoms with van der Waals surface area (Å²) >= 11 is 0. The van der Waals surface area contributed by atoms with Crippen LogP contribution in [0.15, 0.2) is 6.08 Å². The molecule has 21 heavy (non-hydrogen) atoms. The molecular weight excluding hydrogens is 270 g/mol. The topological polar surface area (TPSA) is 67.6 Å². The lowest BCUT2D eigenvalue weighted by molar-refractivity contribution is -0.131. The number of aromatic nitrogens is 2. The molecule has 0 amide bonds. The summed E-state index contributed by atoms with van der Waals surface area (Å²) in [7, 11) is 3.92. The molecule has 1 aromatic rings. The van der Waals surface area contributed by atoms with E-state index in [-0.39, 0.29) is 0 Å². The summed E-state index contributed by atoms with van der Waals surface area (Å²) in [5, 5.41) is 13.2. The van der Waals surface area contributed by atoms with E-state index < -0.39 is 5.97 Å². The average molecular weight is 293 g/mol. The molecule has 1 saturated heterocycles. The molecule has 0 saturated carbocycles. The van der Waals surface area contributed by atoms with Crippen LogP contribution in [0.5, 0.6) is 0 Å². The van der Waals surface area contributed by atoms with Crippen LogP contribution in [-0.4, -0.2) is 47.7 Å². The van der Waals surface area contributed by atoms with Crippen LogP contribution in [0, 0.1) is 12.8 Å². The lowest BCUT2D eigenvalue weighted by Gasteiger charge is -2.28. The molecule has 1 aromatic heterocycles. The van der Waals surface area contributed by atoms with Crippen LogP contribution in [0.1, 0.15) is 24.1 Å². The van der Waals surface area contributed by atoms with Crippen molar-refractivity contribution in [1.82, 2.24) is 9.78 Å². The second-order valence-electron chi connectivity index (χ2n) is 5.55. The van der Waals surface area contributed by atoms with Crippen molar-refractivity contribution in [3.8, 4) is 0 Å². The number of hydrogen-bond donors (Lipinski definition) is 1. The molecule has 1 N–H and O–H groups in total. The number of aliphatic carboxylic acids is 1. The van der Waals surface area contributed by atoms with Gasteiger partial charge >= 0.3 is 5.97 Å². The number of nitrogens with zero attached hydrogens (tertiary/aromatic N) is 3. The first-order valence-electron chi connectivity index (χ1n) is 7.22. The van der Waals surface area contributed by atoms with Gasteiger partial charge in [-0.3, -0.25) is 4.68 Å². The molecule has 6 heteroatoms. The first-order valence-corrected chi connectivity index (χ1v) is 7.22. The number of carboxylic acid groups (broad SMARTS) is 1. The van der Waals surface area contributed by atoms with Crippen LogP contribution in [0.2, 0.25) is 0 Å². The van der Waals surface area contributed by atoms with E-state index in [0.717, 1.165) is 55.8 Å². The maximum absolute atomic E-state index is 10.7. The van der Waals surface area contributed by atoms with Crippen LogP contribution in [-0.2, 0) is 16.6 Å². The summed E-state index contributed by atoms with van der Waals surface area (Å²) in [6, 6.07) is 0. The standard InChI is InChI=1S/C15H23N3O3/c1-11-13(4-5-14(19)20)15(18(3)16-11)17(2)10-12-6-8-21-9-7-12/h4-5,12H,6-10H2,1-3H3,(H,19,20). The first-order chi connectivity index (χ1) is 9.99. The SMILES string of the molecule is Cc1nn(C)c(N(C)CC2CCOCC2)c1C=CC(=O)O. The Hall–Kier alpha value is -1.82. The monoisotopic (exact) mass is 293 g/mol. The zero-order valence-corrected chi connectivity index (χ0v) is 12.9. The number of anilines is 1. The Morgan fingerprint density at radius 2 is 2.19 bits per heavy atom. The first kappa shape index (κ1) is 15.6. The Morgan fingerprint density at radius 3 is 2.81 bits per heavy atom. The predicted molar refractivity (Wildman–Crippen MR) is 81.4 cm³/mol. The average Bonchev–Trinajstić information content (AvgIpc) is 2.71. The molecule has 0 unspecified atom stereocenters. The third-order valence-corrected chi connectivity index (χ3v) is 3.86. The fraction of sp³-hybridized carbons (Fsp3) is 0.600. The maximum Gasteiger partial charge on any atom is 0.328 e. The molecule has 6 nitrogen and oxygen atoms in total. The van der Waals surface area contributed by atoms with E-state index in [2.05, 4.69) is 10.00 Å².